The Bertz CT molecular complexity index is 822. The second-order valence-electron chi connectivity index (χ2n) is 6.96. The van der Waals surface area contributed by atoms with E-state index in [1.54, 1.807) is 12.1 Å². The minimum Gasteiger partial charge on any atom is -0.351 e. The number of carbonyl (C=O) groups excluding carboxylic acids is 1. The lowest BCUT2D eigenvalue weighted by atomic mass is 9.83. The molecule has 136 valence electrons. The number of amides is 1. The summed E-state index contributed by atoms with van der Waals surface area (Å²) in [6, 6.07) is 12.5. The Labute approximate surface area is 153 Å². The van der Waals surface area contributed by atoms with Crippen LogP contribution in [0, 0.1) is 5.41 Å². The quantitative estimate of drug-likeness (QED) is 0.806. The number of sulfonamides is 1. The lowest BCUT2D eigenvalue weighted by Gasteiger charge is -2.31. The van der Waals surface area contributed by atoms with E-state index in [0.29, 0.717) is 6.54 Å². The Kier molecular flexibility index (Phi) is 6.03. The monoisotopic (exact) mass is 380 g/mol. The Balaban J connectivity index is 2.25. The van der Waals surface area contributed by atoms with Gasteiger partial charge in [-0.2, -0.15) is 0 Å². The summed E-state index contributed by atoms with van der Waals surface area (Å²) in [6.07, 6.45) is 0. The molecule has 1 unspecified atom stereocenters. The van der Waals surface area contributed by atoms with Gasteiger partial charge in [0.25, 0.3) is 10.0 Å². The first-order chi connectivity index (χ1) is 11.6. The van der Waals surface area contributed by atoms with Crippen molar-refractivity contribution in [1.29, 1.82) is 0 Å². The zero-order chi connectivity index (χ0) is 18.7. The number of hydrogen-bond acceptors (Lipinski definition) is 4. The molecule has 0 aliphatic heterocycles. The maximum atomic E-state index is 12.8. The van der Waals surface area contributed by atoms with Crippen LogP contribution in [-0.2, 0) is 21.4 Å². The van der Waals surface area contributed by atoms with E-state index in [0.717, 1.165) is 21.8 Å². The third kappa shape index (κ3) is 5.39. The molecule has 1 aromatic heterocycles. The first kappa shape index (κ1) is 19.6. The van der Waals surface area contributed by atoms with Crippen LogP contribution in [0.3, 0.4) is 0 Å². The Morgan fingerprint density at radius 3 is 2.32 bits per heavy atom. The maximum Gasteiger partial charge on any atom is 0.250 e. The van der Waals surface area contributed by atoms with Crippen LogP contribution in [0.1, 0.15) is 44.2 Å². The lowest BCUT2D eigenvalue weighted by molar-refractivity contribution is -0.119. The number of nitrogens with one attached hydrogen (secondary N) is 2. The van der Waals surface area contributed by atoms with Gasteiger partial charge in [-0.25, -0.2) is 13.1 Å². The van der Waals surface area contributed by atoms with Gasteiger partial charge < -0.3 is 5.32 Å². The fraction of sp³-hybridized carbons (Fsp3) is 0.389. The molecule has 1 heterocycles. The topological polar surface area (TPSA) is 75.3 Å². The molecule has 0 bridgehead atoms. The van der Waals surface area contributed by atoms with Gasteiger partial charge in [-0.15, -0.1) is 11.3 Å². The van der Waals surface area contributed by atoms with E-state index >= 15 is 0 Å². The number of thiophene rings is 1. The van der Waals surface area contributed by atoms with Crippen molar-refractivity contribution in [3.05, 3.63) is 52.9 Å². The van der Waals surface area contributed by atoms with Crippen molar-refractivity contribution >= 4 is 27.3 Å². The smallest absolute Gasteiger partial charge is 0.250 e. The van der Waals surface area contributed by atoms with E-state index in [1.807, 2.05) is 51.1 Å². The molecule has 0 spiro atoms. The molecule has 2 N–H and O–H groups in total. The van der Waals surface area contributed by atoms with Gasteiger partial charge in [0.15, 0.2) is 0 Å². The van der Waals surface area contributed by atoms with Crippen LogP contribution in [0.15, 0.2) is 46.7 Å². The summed E-state index contributed by atoms with van der Waals surface area (Å²) in [5.41, 5.74) is 0.638. The van der Waals surface area contributed by atoms with Gasteiger partial charge in [0.05, 0.1) is 12.6 Å². The Morgan fingerprint density at radius 1 is 1.12 bits per heavy atom. The molecule has 0 radical (unpaired) electrons. The molecule has 0 aliphatic rings. The zero-order valence-corrected chi connectivity index (χ0v) is 16.5. The third-order valence-corrected chi connectivity index (χ3v) is 6.69. The summed E-state index contributed by atoms with van der Waals surface area (Å²) in [7, 11) is -3.65. The molecule has 2 aromatic rings. The van der Waals surface area contributed by atoms with E-state index in [9.17, 15) is 13.2 Å². The van der Waals surface area contributed by atoms with Crippen molar-refractivity contribution in [2.24, 2.45) is 5.41 Å². The minimum atomic E-state index is -3.65. The molecule has 7 heteroatoms. The normalized spacial score (nSPS) is 13.4. The first-order valence-corrected chi connectivity index (χ1v) is 10.3. The molecule has 0 saturated carbocycles. The Hall–Kier alpha value is -1.70. The van der Waals surface area contributed by atoms with Crippen LogP contribution in [0.5, 0.6) is 0 Å². The summed E-state index contributed by atoms with van der Waals surface area (Å²) >= 11 is 1.16. The van der Waals surface area contributed by atoms with E-state index in [2.05, 4.69) is 10.0 Å². The highest BCUT2D eigenvalue weighted by Gasteiger charge is 2.31. The van der Waals surface area contributed by atoms with Crippen molar-refractivity contribution in [3.63, 3.8) is 0 Å². The van der Waals surface area contributed by atoms with E-state index in [-0.39, 0.29) is 21.6 Å². The van der Waals surface area contributed by atoms with E-state index in [4.69, 9.17) is 0 Å². The van der Waals surface area contributed by atoms with Crippen molar-refractivity contribution in [2.75, 3.05) is 0 Å². The molecule has 1 atom stereocenters. The lowest BCUT2D eigenvalue weighted by Crippen LogP contribution is -2.36. The number of hydrogen-bond donors (Lipinski definition) is 2. The second kappa shape index (κ2) is 7.68. The van der Waals surface area contributed by atoms with E-state index in [1.165, 1.54) is 6.92 Å². The van der Waals surface area contributed by atoms with Crippen LogP contribution in [0.4, 0.5) is 0 Å². The van der Waals surface area contributed by atoms with Crippen LogP contribution < -0.4 is 10.0 Å². The molecule has 1 aromatic carbocycles. The van der Waals surface area contributed by atoms with Crippen molar-refractivity contribution in [3.8, 4) is 0 Å². The van der Waals surface area contributed by atoms with Crippen molar-refractivity contribution < 1.29 is 13.2 Å². The Morgan fingerprint density at radius 2 is 1.76 bits per heavy atom. The highest BCUT2D eigenvalue weighted by atomic mass is 32.2. The van der Waals surface area contributed by atoms with Gasteiger partial charge in [-0.3, -0.25) is 4.79 Å². The van der Waals surface area contributed by atoms with Gasteiger partial charge in [0.1, 0.15) is 4.21 Å². The molecule has 25 heavy (non-hydrogen) atoms. The predicted molar refractivity (Wildman–Crippen MR) is 101 cm³/mol. The molecule has 0 aliphatic carbocycles. The van der Waals surface area contributed by atoms with Gasteiger partial charge >= 0.3 is 0 Å². The molecule has 1 amide bonds. The molecular weight excluding hydrogens is 356 g/mol. The average molecular weight is 381 g/mol. The van der Waals surface area contributed by atoms with Gasteiger partial charge in [0.2, 0.25) is 5.91 Å². The fourth-order valence-corrected chi connectivity index (χ4v) is 5.16. The van der Waals surface area contributed by atoms with Gasteiger partial charge in [-0.1, -0.05) is 51.1 Å². The number of rotatable bonds is 6. The molecule has 2 rings (SSSR count). The van der Waals surface area contributed by atoms with Crippen LogP contribution in [0.2, 0.25) is 0 Å². The maximum absolute atomic E-state index is 12.8. The molecule has 0 saturated heterocycles. The van der Waals surface area contributed by atoms with Crippen LogP contribution in [-0.4, -0.2) is 14.3 Å². The predicted octanol–water partition coefficient (Wildman–Crippen LogP) is 3.45. The van der Waals surface area contributed by atoms with Gasteiger partial charge in [0, 0.05) is 11.8 Å². The molecule has 0 fully saturated rings. The summed E-state index contributed by atoms with van der Waals surface area (Å²) in [4.78, 5) is 11.8. The summed E-state index contributed by atoms with van der Waals surface area (Å²) in [5.74, 6) is -0.146. The average Bonchev–Trinajstić information content (AvgIpc) is 3.00. The SMILES string of the molecule is CC(=O)NCc1ccc(S(=O)(=O)NC(c2ccccc2)C(C)(C)C)s1. The van der Waals surface area contributed by atoms with Crippen LogP contribution >= 0.6 is 11.3 Å². The minimum absolute atomic E-state index is 0.146. The summed E-state index contributed by atoms with van der Waals surface area (Å²) in [6.45, 7) is 7.77. The number of carbonyl (C=O) groups is 1. The van der Waals surface area contributed by atoms with Gasteiger partial charge in [-0.05, 0) is 23.1 Å². The highest BCUT2D eigenvalue weighted by molar-refractivity contribution is 7.91. The fourth-order valence-electron chi connectivity index (χ4n) is 2.41. The van der Waals surface area contributed by atoms with Crippen LogP contribution in [0.25, 0.3) is 0 Å². The highest BCUT2D eigenvalue weighted by Crippen LogP contribution is 2.34. The summed E-state index contributed by atoms with van der Waals surface area (Å²) in [5, 5.41) is 2.67. The molecule has 5 nitrogen and oxygen atoms in total. The first-order valence-electron chi connectivity index (χ1n) is 8.00. The third-order valence-electron chi connectivity index (χ3n) is 3.69. The largest absolute Gasteiger partial charge is 0.351 e. The van der Waals surface area contributed by atoms with Crippen molar-refractivity contribution in [1.82, 2.24) is 10.0 Å². The molecular formula is C18H24N2O3S2. The standard InChI is InChI=1S/C18H24N2O3S2/c1-13(21)19-12-15-10-11-16(24-15)25(22,23)20-17(18(2,3)4)14-8-6-5-7-9-14/h5-11,17,20H,12H2,1-4H3,(H,19,21). The second-order valence-corrected chi connectivity index (χ2v) is 10.1. The number of benzene rings is 1. The zero-order valence-electron chi connectivity index (χ0n) is 14.9. The summed E-state index contributed by atoms with van der Waals surface area (Å²) < 4.78 is 28.7. The van der Waals surface area contributed by atoms with Crippen molar-refractivity contribution in [2.45, 2.75) is 44.5 Å². The van der Waals surface area contributed by atoms with E-state index < -0.39 is 10.0 Å².